The molecule has 4 rings (SSSR count). The number of nitrogens with zero attached hydrogens (tertiary/aromatic N) is 4. The van der Waals surface area contributed by atoms with Gasteiger partial charge in [0.15, 0.2) is 0 Å². The molecule has 2 N–H and O–H groups in total. The molecular formula is C14H10N6. The van der Waals surface area contributed by atoms with Gasteiger partial charge in [0.05, 0.1) is 11.9 Å². The highest BCUT2D eigenvalue weighted by Gasteiger charge is 2.05. The lowest BCUT2D eigenvalue weighted by Crippen LogP contribution is -1.86. The minimum absolute atomic E-state index is 0.732. The highest BCUT2D eigenvalue weighted by atomic mass is 15.3. The predicted octanol–water partition coefficient (Wildman–Crippen LogP) is 2.41. The van der Waals surface area contributed by atoms with E-state index in [4.69, 9.17) is 0 Å². The van der Waals surface area contributed by atoms with Crippen LogP contribution in [0.2, 0.25) is 0 Å². The van der Waals surface area contributed by atoms with Crippen molar-refractivity contribution in [2.75, 3.05) is 0 Å². The van der Waals surface area contributed by atoms with Crippen LogP contribution in [0.4, 0.5) is 0 Å². The number of hydrogen-bond donors (Lipinski definition) is 2. The van der Waals surface area contributed by atoms with Gasteiger partial charge in [-0.25, -0.2) is 4.98 Å². The first-order valence-corrected chi connectivity index (χ1v) is 6.16. The second-order valence-corrected chi connectivity index (χ2v) is 4.43. The van der Waals surface area contributed by atoms with Crippen molar-refractivity contribution in [3.05, 3.63) is 49.1 Å². The van der Waals surface area contributed by atoms with Gasteiger partial charge in [0.2, 0.25) is 0 Å². The molecule has 20 heavy (non-hydrogen) atoms. The van der Waals surface area contributed by atoms with E-state index in [0.29, 0.717) is 0 Å². The second-order valence-electron chi connectivity index (χ2n) is 4.43. The largest absolute Gasteiger partial charge is 0.346 e. The average molecular weight is 262 g/mol. The molecule has 0 spiro atoms. The highest BCUT2D eigenvalue weighted by Crippen LogP contribution is 2.23. The van der Waals surface area contributed by atoms with Gasteiger partial charge in [-0.05, 0) is 18.2 Å². The summed E-state index contributed by atoms with van der Waals surface area (Å²) in [6, 6.07) is 8.02. The fourth-order valence-electron chi connectivity index (χ4n) is 2.14. The Kier molecular flexibility index (Phi) is 2.32. The summed E-state index contributed by atoms with van der Waals surface area (Å²) in [4.78, 5) is 11.9. The Morgan fingerprint density at radius 3 is 2.60 bits per heavy atom. The first-order chi connectivity index (χ1) is 9.90. The van der Waals surface area contributed by atoms with Gasteiger partial charge in [-0.1, -0.05) is 6.07 Å². The number of hydrogen-bond acceptors (Lipinski definition) is 4. The molecule has 0 radical (unpaired) electrons. The van der Waals surface area contributed by atoms with E-state index in [2.05, 4.69) is 36.4 Å². The molecule has 0 unspecified atom stereocenters. The molecule has 0 aliphatic carbocycles. The molecule has 0 aromatic carbocycles. The number of aromatic nitrogens is 6. The van der Waals surface area contributed by atoms with Crippen LogP contribution < -0.4 is 0 Å². The fourth-order valence-corrected chi connectivity index (χ4v) is 2.14. The zero-order valence-electron chi connectivity index (χ0n) is 10.4. The van der Waals surface area contributed by atoms with Crippen LogP contribution in [0.25, 0.3) is 33.5 Å². The van der Waals surface area contributed by atoms with E-state index in [9.17, 15) is 0 Å². The standard InChI is InChI=1S/C14H10N6/c1-2-12(13-8-18-20-19-13)16-6-10(1)11-5-9-3-4-15-14(9)17-7-11/h1-8H,(H,15,17)(H,18,19,20). The molecule has 6 nitrogen and oxygen atoms in total. The Morgan fingerprint density at radius 1 is 0.850 bits per heavy atom. The van der Waals surface area contributed by atoms with Crippen molar-refractivity contribution in [2.45, 2.75) is 0 Å². The Labute approximate surface area is 113 Å². The topological polar surface area (TPSA) is 83.1 Å². The number of nitrogens with one attached hydrogen (secondary N) is 2. The minimum atomic E-state index is 0.732. The Hall–Kier alpha value is -3.02. The molecular weight excluding hydrogens is 252 g/mol. The van der Waals surface area contributed by atoms with Crippen molar-refractivity contribution in [1.82, 2.24) is 30.4 Å². The lowest BCUT2D eigenvalue weighted by atomic mass is 10.1. The van der Waals surface area contributed by atoms with Gasteiger partial charge in [0.1, 0.15) is 11.3 Å². The number of H-pyrrole nitrogens is 2. The predicted molar refractivity (Wildman–Crippen MR) is 74.7 cm³/mol. The van der Waals surface area contributed by atoms with Gasteiger partial charge >= 0.3 is 0 Å². The number of rotatable bonds is 2. The molecule has 4 aromatic rings. The summed E-state index contributed by atoms with van der Waals surface area (Å²) < 4.78 is 0. The van der Waals surface area contributed by atoms with E-state index >= 15 is 0 Å². The van der Waals surface area contributed by atoms with Gasteiger partial charge in [-0.3, -0.25) is 4.98 Å². The van der Waals surface area contributed by atoms with Crippen LogP contribution in [0.5, 0.6) is 0 Å². The van der Waals surface area contributed by atoms with Crippen LogP contribution in [-0.4, -0.2) is 30.4 Å². The van der Waals surface area contributed by atoms with Crippen LogP contribution in [0.3, 0.4) is 0 Å². The van der Waals surface area contributed by atoms with Crippen molar-refractivity contribution in [1.29, 1.82) is 0 Å². The third-order valence-electron chi connectivity index (χ3n) is 3.17. The van der Waals surface area contributed by atoms with E-state index < -0.39 is 0 Å². The Bertz CT molecular complexity index is 845. The quantitative estimate of drug-likeness (QED) is 0.581. The van der Waals surface area contributed by atoms with E-state index in [0.717, 1.165) is 33.5 Å². The molecule has 96 valence electrons. The molecule has 0 saturated carbocycles. The molecule has 0 atom stereocenters. The summed E-state index contributed by atoms with van der Waals surface area (Å²) in [5.41, 5.74) is 4.47. The zero-order chi connectivity index (χ0) is 13.4. The third-order valence-corrected chi connectivity index (χ3v) is 3.17. The molecule has 0 fully saturated rings. The van der Waals surface area contributed by atoms with E-state index in [1.54, 1.807) is 6.20 Å². The third kappa shape index (κ3) is 1.74. The summed E-state index contributed by atoms with van der Waals surface area (Å²) in [6.07, 6.45) is 7.19. The minimum Gasteiger partial charge on any atom is -0.346 e. The normalized spacial score (nSPS) is 11.0. The monoisotopic (exact) mass is 262 g/mol. The fraction of sp³-hybridized carbons (Fsp3) is 0. The van der Waals surface area contributed by atoms with E-state index in [1.165, 1.54) is 0 Å². The van der Waals surface area contributed by atoms with Gasteiger partial charge < -0.3 is 4.98 Å². The van der Waals surface area contributed by atoms with E-state index in [1.807, 2.05) is 36.8 Å². The summed E-state index contributed by atoms with van der Waals surface area (Å²) >= 11 is 0. The van der Waals surface area contributed by atoms with Crippen molar-refractivity contribution >= 4 is 11.0 Å². The van der Waals surface area contributed by atoms with Crippen LogP contribution in [0.1, 0.15) is 0 Å². The average Bonchev–Trinajstić information content (AvgIpc) is 3.18. The van der Waals surface area contributed by atoms with Gasteiger partial charge in [0, 0.05) is 35.1 Å². The smallest absolute Gasteiger partial charge is 0.137 e. The maximum Gasteiger partial charge on any atom is 0.137 e. The second kappa shape index (κ2) is 4.27. The lowest BCUT2D eigenvalue weighted by Gasteiger charge is -2.02. The lowest BCUT2D eigenvalue weighted by molar-refractivity contribution is 0.941. The summed E-state index contributed by atoms with van der Waals surface area (Å²) in [5, 5.41) is 11.4. The molecule has 0 bridgehead atoms. The van der Waals surface area contributed by atoms with Crippen molar-refractivity contribution in [3.8, 4) is 22.5 Å². The molecule has 4 heterocycles. The Morgan fingerprint density at radius 2 is 1.80 bits per heavy atom. The highest BCUT2D eigenvalue weighted by molar-refractivity contribution is 5.81. The zero-order valence-corrected chi connectivity index (χ0v) is 10.4. The number of aromatic amines is 2. The maximum atomic E-state index is 4.41. The number of fused-ring (bicyclic) bond motifs is 1. The van der Waals surface area contributed by atoms with E-state index in [-0.39, 0.29) is 0 Å². The van der Waals surface area contributed by atoms with Crippen LogP contribution in [0.15, 0.2) is 49.1 Å². The van der Waals surface area contributed by atoms with Crippen LogP contribution in [0, 0.1) is 0 Å². The molecule has 0 amide bonds. The molecule has 0 saturated heterocycles. The number of pyridine rings is 2. The first-order valence-electron chi connectivity index (χ1n) is 6.16. The Balaban J connectivity index is 1.74. The molecule has 0 aliphatic heterocycles. The summed E-state index contributed by atoms with van der Waals surface area (Å²) in [7, 11) is 0. The SMILES string of the molecule is c1cc2cc(-c3ccc(-c4cn[nH]n4)nc3)cnc2[nH]1. The first kappa shape index (κ1) is 10.9. The van der Waals surface area contributed by atoms with Gasteiger partial charge in [-0.2, -0.15) is 15.4 Å². The van der Waals surface area contributed by atoms with Gasteiger partial charge in [-0.15, -0.1) is 0 Å². The van der Waals surface area contributed by atoms with Crippen LogP contribution in [-0.2, 0) is 0 Å². The molecule has 6 heteroatoms. The molecule has 0 aliphatic rings. The van der Waals surface area contributed by atoms with Gasteiger partial charge in [0.25, 0.3) is 0 Å². The van der Waals surface area contributed by atoms with Crippen molar-refractivity contribution < 1.29 is 0 Å². The van der Waals surface area contributed by atoms with Crippen molar-refractivity contribution in [2.24, 2.45) is 0 Å². The summed E-state index contributed by atoms with van der Waals surface area (Å²) in [5.74, 6) is 0. The summed E-state index contributed by atoms with van der Waals surface area (Å²) in [6.45, 7) is 0. The maximum absolute atomic E-state index is 4.41. The van der Waals surface area contributed by atoms with Crippen molar-refractivity contribution in [3.63, 3.8) is 0 Å². The molecule has 4 aromatic heterocycles. The van der Waals surface area contributed by atoms with Crippen LogP contribution >= 0.6 is 0 Å².